The molecule has 0 aliphatic carbocycles. The number of carboxylic acids is 2. The highest BCUT2D eigenvalue weighted by molar-refractivity contribution is 6.13. The molecule has 124 heavy (non-hydrogen) atoms. The lowest BCUT2D eigenvalue weighted by atomic mass is 10.0. The van der Waals surface area contributed by atoms with Gasteiger partial charge in [-0.25, -0.2) is 4.79 Å². The smallest absolute Gasteiger partial charge is 0.481 e. The van der Waals surface area contributed by atoms with Gasteiger partial charge < -0.3 is 134 Å². The summed E-state index contributed by atoms with van der Waals surface area (Å²) in [6.45, 7) is 10.5. The van der Waals surface area contributed by atoms with Crippen LogP contribution < -0.4 is 52.6 Å². The minimum Gasteiger partial charge on any atom is -0.481 e. The van der Waals surface area contributed by atoms with Gasteiger partial charge in [0.15, 0.2) is 0 Å². The summed E-state index contributed by atoms with van der Waals surface area (Å²) in [6.07, 6.45) is -0.210. The van der Waals surface area contributed by atoms with Crippen LogP contribution in [-0.2, 0) is 135 Å². The van der Waals surface area contributed by atoms with E-state index in [4.69, 9.17) is 75.8 Å². The Morgan fingerprint density at radius 1 is 0.435 bits per heavy atom. The fourth-order valence-corrected chi connectivity index (χ4v) is 10.4. The van der Waals surface area contributed by atoms with Gasteiger partial charge >= 0.3 is 18.1 Å². The second-order valence-electron chi connectivity index (χ2n) is 27.0. The van der Waals surface area contributed by atoms with Crippen molar-refractivity contribution in [3.63, 3.8) is 0 Å². The predicted molar refractivity (Wildman–Crippen MR) is 434 cm³/mol. The molecule has 1 aliphatic rings. The van der Waals surface area contributed by atoms with E-state index in [2.05, 4.69) is 47.9 Å². The van der Waals surface area contributed by atoms with Crippen molar-refractivity contribution >= 4 is 94.4 Å². The Morgan fingerprint density at radius 3 is 1.24 bits per heavy atom. The number of rotatable bonds is 76. The fourth-order valence-electron chi connectivity index (χ4n) is 10.4. The van der Waals surface area contributed by atoms with Crippen LogP contribution in [0.3, 0.4) is 0 Å². The quantitative estimate of drug-likeness (QED) is 0.00984. The highest BCUT2D eigenvalue weighted by Gasteiger charge is 2.29. The molecule has 1 heterocycles. The third-order valence-electron chi connectivity index (χ3n) is 16.9. The van der Waals surface area contributed by atoms with E-state index < -0.39 is 132 Å². The molecule has 45 heteroatoms. The second kappa shape index (κ2) is 68.0. The van der Waals surface area contributed by atoms with Crippen LogP contribution in [0, 0.1) is 16.0 Å². The molecule has 0 fully saturated rings. The number of methoxy groups -OCH3 is 1. The first-order valence-electron chi connectivity index (χ1n) is 40.6. The number of nitrogens with one attached hydrogen (secondary N) is 9. The zero-order chi connectivity index (χ0) is 90.8. The molecule has 11 amide bonds. The number of amides is 11. The van der Waals surface area contributed by atoms with E-state index in [1.54, 1.807) is 21.0 Å². The Bertz CT molecular complexity index is 3560. The number of ether oxygens (including phenoxy) is 16. The molecule has 0 spiro atoms. The number of imide groups is 1. The first-order valence-corrected chi connectivity index (χ1v) is 40.6. The molecule has 2 aromatic rings. The van der Waals surface area contributed by atoms with Crippen molar-refractivity contribution in [2.24, 2.45) is 5.92 Å². The summed E-state index contributed by atoms with van der Waals surface area (Å²) in [5, 5.41) is 53.0. The van der Waals surface area contributed by atoms with E-state index >= 15 is 0 Å². The van der Waals surface area contributed by atoms with Crippen molar-refractivity contribution in [1.29, 1.82) is 0 Å². The van der Waals surface area contributed by atoms with Gasteiger partial charge in [-0.05, 0) is 56.4 Å². The number of carbonyl (C=O) groups is 14. The molecule has 0 radical (unpaired) electrons. The lowest BCUT2D eigenvalue weighted by Crippen LogP contribution is -2.53. The van der Waals surface area contributed by atoms with E-state index in [9.17, 15) is 87.5 Å². The van der Waals surface area contributed by atoms with Crippen molar-refractivity contribution in [2.75, 3.05) is 224 Å². The van der Waals surface area contributed by atoms with Crippen molar-refractivity contribution in [1.82, 2.24) is 47.4 Å². The number of benzene rings is 2. The maximum Gasteiger partial charge on any atom is 0.514 e. The summed E-state index contributed by atoms with van der Waals surface area (Å²) in [7, 11) is 1.61. The maximum absolute atomic E-state index is 13.7. The molecule has 696 valence electrons. The summed E-state index contributed by atoms with van der Waals surface area (Å²) >= 11 is 0. The average molecular weight is 1770 g/mol. The van der Waals surface area contributed by atoms with Gasteiger partial charge in [0, 0.05) is 119 Å². The number of nitro groups is 1. The van der Waals surface area contributed by atoms with Crippen molar-refractivity contribution < 1.29 is 158 Å². The lowest BCUT2D eigenvalue weighted by Gasteiger charge is -2.24. The highest BCUT2D eigenvalue weighted by Crippen LogP contribution is 2.21. The first kappa shape index (κ1) is 108. The van der Waals surface area contributed by atoms with Crippen LogP contribution in [0.25, 0.3) is 0 Å². The van der Waals surface area contributed by atoms with E-state index in [1.807, 2.05) is 0 Å². The van der Waals surface area contributed by atoms with Crippen LogP contribution in [0.2, 0.25) is 0 Å². The van der Waals surface area contributed by atoms with Gasteiger partial charge in [-0.15, -0.1) is 0 Å². The molecule has 0 saturated heterocycles. The molecule has 3 rings (SSSR count). The van der Waals surface area contributed by atoms with Gasteiger partial charge in [-0.2, -0.15) is 0 Å². The number of hydrogen-bond acceptors (Lipinski definition) is 32. The van der Waals surface area contributed by atoms with Crippen molar-refractivity contribution in [3.8, 4) is 5.75 Å². The third-order valence-corrected chi connectivity index (χ3v) is 16.9. The summed E-state index contributed by atoms with van der Waals surface area (Å²) < 4.78 is 86.5. The molecule has 0 bridgehead atoms. The van der Waals surface area contributed by atoms with Gasteiger partial charge in [-0.3, -0.25) is 77.3 Å². The average Bonchev–Trinajstić information content (AvgIpc) is 1.03. The standard InChI is InChI=1S/C79H121N11O34/c1-56(2)73(78(105)84-57(3)74(101)85-59-8-7-58(55-123-79(106)124-61-11-9-60(10-12-61)90(107)108)62(54-59)75(102)81-23-31-114-42-43-118-46-47-120-50-51-122-53-52-121-49-48-119-45-44-117-35-34-109-4)88-68(94)21-29-112-38-41-116-33-25-83-77(104)64(14-18-72(99)100)87-67(93)20-28-111-37-40-115-32-24-82-76(103)63(13-17-71(97)98)86-66(92)19-27-110-36-39-113-30-22-80-65(91)6-5-26-89-69(95)15-16-70(89)96/h7-12,15-16,54,56-57,63-64,73H,5-6,13-14,17-53,55H2,1-4H3,(H,80,91)(H,81,102)(H,82,103)(H,83,104)(H,84,105)(H,85,101)(H,86,92)(H,87,93)(H,88,94)(H,97,98)(H,99,100)/t57-,63-,64-,73-/m0/s1. The minimum atomic E-state index is -1.21. The normalized spacial score (nSPS) is 12.7. The molecule has 0 saturated carbocycles. The molecular weight excluding hydrogens is 1650 g/mol. The summed E-state index contributed by atoms with van der Waals surface area (Å²) in [5.74, 6) is -9.06. The van der Waals surface area contributed by atoms with E-state index in [0.29, 0.717) is 85.7 Å². The fraction of sp³-hybridized carbons (Fsp3) is 0.646. The number of non-ortho nitro benzene ring substituents is 1. The lowest BCUT2D eigenvalue weighted by molar-refractivity contribution is -0.384. The Kier molecular flexibility index (Phi) is 59.1. The summed E-state index contributed by atoms with van der Waals surface area (Å²) in [4.78, 5) is 187. The zero-order valence-corrected chi connectivity index (χ0v) is 70.6. The number of nitrogens with zero attached hydrogens (tertiary/aromatic N) is 2. The van der Waals surface area contributed by atoms with Crippen molar-refractivity contribution in [2.45, 2.75) is 109 Å². The first-order chi connectivity index (χ1) is 59.8. The molecule has 4 atom stereocenters. The van der Waals surface area contributed by atoms with Gasteiger partial charge in [0.05, 0.1) is 183 Å². The van der Waals surface area contributed by atoms with Crippen LogP contribution in [-0.4, -0.2) is 345 Å². The van der Waals surface area contributed by atoms with Crippen LogP contribution in [0.15, 0.2) is 54.6 Å². The third kappa shape index (κ3) is 52.9. The van der Waals surface area contributed by atoms with Gasteiger partial charge in [0.25, 0.3) is 23.4 Å². The Morgan fingerprint density at radius 2 is 0.831 bits per heavy atom. The summed E-state index contributed by atoms with van der Waals surface area (Å²) in [6, 6.07) is 4.17. The Hall–Kier alpha value is -10.4. The van der Waals surface area contributed by atoms with E-state index in [-0.39, 0.29) is 205 Å². The van der Waals surface area contributed by atoms with E-state index in [1.165, 1.54) is 49.4 Å². The van der Waals surface area contributed by atoms with Gasteiger partial charge in [-0.1, -0.05) is 19.9 Å². The van der Waals surface area contributed by atoms with Gasteiger partial charge in [0.2, 0.25) is 47.3 Å². The Labute approximate surface area is 717 Å². The monoisotopic (exact) mass is 1770 g/mol. The molecule has 11 N–H and O–H groups in total. The van der Waals surface area contributed by atoms with E-state index in [0.717, 1.165) is 17.0 Å². The van der Waals surface area contributed by atoms with Crippen LogP contribution in [0.5, 0.6) is 5.75 Å². The molecule has 1 aliphatic heterocycles. The summed E-state index contributed by atoms with van der Waals surface area (Å²) in [5.41, 5.74) is 0.0263. The number of nitro benzene ring substituents is 1. The predicted octanol–water partition coefficient (Wildman–Crippen LogP) is -0.590. The Balaban J connectivity index is 1.30. The number of carboxylic acid groups (broad SMARTS) is 2. The SMILES string of the molecule is COCCOCCOCCOCCOCCOCCOCCOCCNC(=O)c1cc(NC(=O)[C@H](C)NC(=O)[C@@H](NC(=O)CCOCCOCCNC(=O)[C@H](CCC(=O)O)NC(=O)CCOCCOCCNC(=O)[C@H](CCC(=O)O)NC(=O)CCOCCOCCNC(=O)CCCN2C(=O)C=CC2=O)C(C)C)ccc1COC(=O)Oc1ccc([N+](=O)[O-])cc1. The second-order valence-corrected chi connectivity index (χ2v) is 27.0. The molecule has 0 unspecified atom stereocenters. The number of anilines is 1. The maximum atomic E-state index is 13.7. The number of aliphatic carboxylic acids is 2. The number of hydrogen-bond donors (Lipinski definition) is 11. The van der Waals surface area contributed by atoms with Crippen LogP contribution >= 0.6 is 0 Å². The molecule has 2 aromatic carbocycles. The highest BCUT2D eigenvalue weighted by atomic mass is 16.7. The van der Waals surface area contributed by atoms with Crippen LogP contribution in [0.1, 0.15) is 94.5 Å². The molecule has 0 aromatic heterocycles. The topological polar surface area (TPSA) is 582 Å². The number of carbonyl (C=O) groups excluding carboxylic acids is 12. The largest absolute Gasteiger partial charge is 0.514 e. The van der Waals surface area contributed by atoms with Gasteiger partial charge in [0.1, 0.15) is 36.5 Å². The van der Waals surface area contributed by atoms with Crippen molar-refractivity contribution in [3.05, 3.63) is 75.9 Å². The zero-order valence-electron chi connectivity index (χ0n) is 70.6. The minimum absolute atomic E-state index is 0.00282. The molecular formula is C79H121N11O34. The molecule has 45 nitrogen and oxygen atoms in total. The van der Waals surface area contributed by atoms with Crippen LogP contribution in [0.4, 0.5) is 16.2 Å².